The zero-order valence-electron chi connectivity index (χ0n) is 12.9. The van der Waals surface area contributed by atoms with Crippen LogP contribution in [0, 0.1) is 6.92 Å². The fourth-order valence-corrected chi connectivity index (χ4v) is 2.27. The van der Waals surface area contributed by atoms with Crippen LogP contribution in [0.25, 0.3) is 11.3 Å². The molecular formula is C17H16N4O3. The van der Waals surface area contributed by atoms with E-state index in [9.17, 15) is 9.90 Å². The van der Waals surface area contributed by atoms with Crippen molar-refractivity contribution in [3.8, 4) is 22.8 Å². The van der Waals surface area contributed by atoms with Crippen LogP contribution >= 0.6 is 0 Å². The number of phenols is 1. The van der Waals surface area contributed by atoms with Crippen molar-refractivity contribution < 1.29 is 14.6 Å². The number of aryl methyl sites for hydroxylation is 1. The number of nitrogens with two attached hydrogens (primary N) is 1. The second-order valence-corrected chi connectivity index (χ2v) is 5.24. The molecule has 0 saturated carbocycles. The van der Waals surface area contributed by atoms with Gasteiger partial charge < -0.3 is 20.9 Å². The van der Waals surface area contributed by atoms with Crippen molar-refractivity contribution in [1.29, 1.82) is 0 Å². The molecule has 7 nitrogen and oxygen atoms in total. The Hall–Kier alpha value is -3.48. The summed E-state index contributed by atoms with van der Waals surface area (Å²) in [6.45, 7) is 1.88. The number of ether oxygens (including phenoxy) is 1. The third-order valence-corrected chi connectivity index (χ3v) is 3.44. The van der Waals surface area contributed by atoms with E-state index in [1.54, 1.807) is 42.5 Å². The van der Waals surface area contributed by atoms with Crippen LogP contribution in [0.15, 0.2) is 48.5 Å². The van der Waals surface area contributed by atoms with Gasteiger partial charge in [-0.25, -0.2) is 4.79 Å². The minimum Gasteiger partial charge on any atom is -0.508 e. The summed E-state index contributed by atoms with van der Waals surface area (Å²) >= 11 is 0. The van der Waals surface area contributed by atoms with Crippen LogP contribution in [-0.2, 0) is 0 Å². The summed E-state index contributed by atoms with van der Waals surface area (Å²) in [6.07, 6.45) is -0.846. The van der Waals surface area contributed by atoms with Gasteiger partial charge in [0.1, 0.15) is 11.5 Å². The van der Waals surface area contributed by atoms with Crippen molar-refractivity contribution >= 4 is 17.6 Å². The smallest absolute Gasteiger partial charge is 0.409 e. The Labute approximate surface area is 138 Å². The molecule has 0 spiro atoms. The molecule has 0 aliphatic rings. The second kappa shape index (κ2) is 6.33. The van der Waals surface area contributed by atoms with Crippen molar-refractivity contribution in [3.63, 3.8) is 0 Å². The number of aromatic hydroxyl groups is 1. The first-order valence-corrected chi connectivity index (χ1v) is 7.21. The molecule has 24 heavy (non-hydrogen) atoms. The Morgan fingerprint density at radius 1 is 1.21 bits per heavy atom. The molecule has 5 N–H and O–H groups in total. The molecule has 0 radical (unpaired) electrons. The SMILES string of the molecule is Cc1cc(OC(N)=O)ccc1Nc1cc(-c2ccc(O)cc2)[nH]n1. The Balaban J connectivity index is 1.77. The molecule has 122 valence electrons. The Morgan fingerprint density at radius 2 is 1.96 bits per heavy atom. The maximum Gasteiger partial charge on any atom is 0.409 e. The second-order valence-electron chi connectivity index (χ2n) is 5.24. The number of carbonyl (C=O) groups excluding carboxylic acids is 1. The number of nitrogens with zero attached hydrogens (tertiary/aromatic N) is 1. The summed E-state index contributed by atoms with van der Waals surface area (Å²) in [7, 11) is 0. The Morgan fingerprint density at radius 3 is 2.62 bits per heavy atom. The number of aromatic nitrogens is 2. The number of hydrogen-bond donors (Lipinski definition) is 4. The lowest BCUT2D eigenvalue weighted by Gasteiger charge is -2.08. The van der Waals surface area contributed by atoms with Crippen LogP contribution in [0.1, 0.15) is 5.56 Å². The maximum atomic E-state index is 10.8. The number of aromatic amines is 1. The van der Waals surface area contributed by atoms with Crippen molar-refractivity contribution in [2.45, 2.75) is 6.92 Å². The zero-order chi connectivity index (χ0) is 17.1. The third kappa shape index (κ3) is 3.46. The predicted molar refractivity (Wildman–Crippen MR) is 90.4 cm³/mol. The molecule has 0 aliphatic heterocycles. The molecule has 0 aliphatic carbocycles. The molecule has 0 unspecified atom stereocenters. The van der Waals surface area contributed by atoms with Gasteiger partial charge in [-0.2, -0.15) is 5.10 Å². The number of amides is 1. The van der Waals surface area contributed by atoms with Crippen LogP contribution in [0.5, 0.6) is 11.5 Å². The van der Waals surface area contributed by atoms with Gasteiger partial charge in [-0.3, -0.25) is 5.10 Å². The largest absolute Gasteiger partial charge is 0.508 e. The minimum atomic E-state index is -0.846. The average Bonchev–Trinajstić information content (AvgIpc) is 2.99. The van der Waals surface area contributed by atoms with Gasteiger partial charge in [0.05, 0.1) is 5.69 Å². The molecule has 2 aromatic carbocycles. The number of phenolic OH excluding ortho intramolecular Hbond substituents is 1. The molecule has 1 heterocycles. The highest BCUT2D eigenvalue weighted by Gasteiger charge is 2.07. The molecule has 0 bridgehead atoms. The lowest BCUT2D eigenvalue weighted by molar-refractivity contribution is 0.211. The van der Waals surface area contributed by atoms with Gasteiger partial charge in [-0.1, -0.05) is 0 Å². The van der Waals surface area contributed by atoms with Crippen molar-refractivity contribution in [3.05, 3.63) is 54.1 Å². The summed E-state index contributed by atoms with van der Waals surface area (Å²) in [5.74, 6) is 1.24. The van der Waals surface area contributed by atoms with Crippen molar-refractivity contribution in [2.24, 2.45) is 5.73 Å². The first kappa shape index (κ1) is 15.4. The Bertz CT molecular complexity index is 872. The van der Waals surface area contributed by atoms with E-state index in [-0.39, 0.29) is 5.75 Å². The quantitative estimate of drug-likeness (QED) is 0.588. The van der Waals surface area contributed by atoms with Gasteiger partial charge in [0.2, 0.25) is 0 Å². The average molecular weight is 324 g/mol. The molecule has 1 amide bonds. The van der Waals surface area contributed by atoms with E-state index < -0.39 is 6.09 Å². The van der Waals surface area contributed by atoms with E-state index in [4.69, 9.17) is 10.5 Å². The van der Waals surface area contributed by atoms with Crippen molar-refractivity contribution in [2.75, 3.05) is 5.32 Å². The lowest BCUT2D eigenvalue weighted by Crippen LogP contribution is -2.16. The topological polar surface area (TPSA) is 113 Å². The molecule has 0 fully saturated rings. The molecule has 3 aromatic rings. The number of primary amides is 1. The molecular weight excluding hydrogens is 308 g/mol. The minimum absolute atomic E-state index is 0.213. The Kier molecular flexibility index (Phi) is 4.07. The highest BCUT2D eigenvalue weighted by molar-refractivity contribution is 5.70. The standard InChI is InChI=1S/C17H16N4O3/c1-10-8-13(24-17(18)23)6-7-14(10)19-16-9-15(20-21-16)11-2-4-12(22)5-3-11/h2-9,22H,1H3,(H2,18,23)(H2,19,20,21). The fourth-order valence-electron chi connectivity index (χ4n) is 2.27. The van der Waals surface area contributed by atoms with Crippen LogP contribution in [0.4, 0.5) is 16.3 Å². The first-order chi connectivity index (χ1) is 11.5. The monoisotopic (exact) mass is 324 g/mol. The highest BCUT2D eigenvalue weighted by Crippen LogP contribution is 2.27. The molecule has 3 rings (SSSR count). The van der Waals surface area contributed by atoms with E-state index in [0.717, 1.165) is 22.5 Å². The fraction of sp³-hybridized carbons (Fsp3) is 0.0588. The number of anilines is 2. The first-order valence-electron chi connectivity index (χ1n) is 7.21. The van der Waals surface area contributed by atoms with Gasteiger partial charge in [0.25, 0.3) is 0 Å². The number of H-pyrrole nitrogens is 1. The summed E-state index contributed by atoms with van der Waals surface area (Å²) in [5, 5.41) is 19.7. The van der Waals surface area contributed by atoms with E-state index in [1.165, 1.54) is 0 Å². The van der Waals surface area contributed by atoms with E-state index in [0.29, 0.717) is 11.6 Å². The number of benzene rings is 2. The van der Waals surface area contributed by atoms with Gasteiger partial charge >= 0.3 is 6.09 Å². The lowest BCUT2D eigenvalue weighted by atomic mass is 10.1. The molecule has 7 heteroatoms. The summed E-state index contributed by atoms with van der Waals surface area (Å²) in [6, 6.07) is 13.8. The summed E-state index contributed by atoms with van der Waals surface area (Å²) in [5.41, 5.74) is 8.44. The van der Waals surface area contributed by atoms with Crippen LogP contribution in [0.3, 0.4) is 0 Å². The van der Waals surface area contributed by atoms with E-state index >= 15 is 0 Å². The highest BCUT2D eigenvalue weighted by atomic mass is 16.5. The normalized spacial score (nSPS) is 10.4. The molecule has 1 aromatic heterocycles. The van der Waals surface area contributed by atoms with Gasteiger partial charge in [-0.05, 0) is 60.5 Å². The van der Waals surface area contributed by atoms with Crippen LogP contribution in [-0.4, -0.2) is 21.4 Å². The summed E-state index contributed by atoms with van der Waals surface area (Å²) in [4.78, 5) is 10.8. The van der Waals surface area contributed by atoms with Crippen LogP contribution in [0.2, 0.25) is 0 Å². The number of rotatable bonds is 4. The number of hydrogen-bond acceptors (Lipinski definition) is 5. The summed E-state index contributed by atoms with van der Waals surface area (Å²) < 4.78 is 4.84. The van der Waals surface area contributed by atoms with E-state index in [1.807, 2.05) is 13.0 Å². The van der Waals surface area contributed by atoms with Gasteiger partial charge in [-0.15, -0.1) is 0 Å². The number of carbonyl (C=O) groups is 1. The predicted octanol–water partition coefficient (Wildman–Crippen LogP) is 3.29. The van der Waals surface area contributed by atoms with Gasteiger partial charge in [0, 0.05) is 11.8 Å². The third-order valence-electron chi connectivity index (χ3n) is 3.44. The van der Waals surface area contributed by atoms with Crippen molar-refractivity contribution in [1.82, 2.24) is 10.2 Å². The number of nitrogens with one attached hydrogen (secondary N) is 2. The van der Waals surface area contributed by atoms with E-state index in [2.05, 4.69) is 15.5 Å². The molecule has 0 atom stereocenters. The maximum absolute atomic E-state index is 10.8. The molecule has 0 saturated heterocycles. The van der Waals surface area contributed by atoms with Crippen LogP contribution < -0.4 is 15.8 Å². The zero-order valence-corrected chi connectivity index (χ0v) is 12.9. The van der Waals surface area contributed by atoms with Gasteiger partial charge in [0.15, 0.2) is 5.82 Å².